The van der Waals surface area contributed by atoms with Crippen molar-refractivity contribution in [2.75, 3.05) is 6.61 Å². The van der Waals surface area contributed by atoms with E-state index >= 15 is 0 Å². The van der Waals surface area contributed by atoms with Crippen molar-refractivity contribution in [3.63, 3.8) is 0 Å². The number of amides is 2. The first-order valence-corrected chi connectivity index (χ1v) is 8.81. The van der Waals surface area contributed by atoms with E-state index in [-0.39, 0.29) is 24.7 Å². The van der Waals surface area contributed by atoms with Gasteiger partial charge in [-0.25, -0.2) is 4.79 Å². The van der Waals surface area contributed by atoms with Crippen molar-refractivity contribution in [1.29, 1.82) is 5.26 Å². The van der Waals surface area contributed by atoms with Crippen LogP contribution < -0.4 is 5.32 Å². The molecule has 0 radical (unpaired) electrons. The van der Waals surface area contributed by atoms with Gasteiger partial charge in [-0.2, -0.15) is 5.26 Å². The molecule has 5 nitrogen and oxygen atoms in total. The molecule has 1 unspecified atom stereocenters. The quantitative estimate of drug-likeness (QED) is 0.806. The van der Waals surface area contributed by atoms with Crippen LogP contribution in [0.3, 0.4) is 0 Å². The van der Waals surface area contributed by atoms with Gasteiger partial charge in [0.25, 0.3) is 0 Å². The number of hydrogen-bond acceptors (Lipinski definition) is 3. The van der Waals surface area contributed by atoms with Crippen LogP contribution in [0, 0.1) is 11.3 Å². The number of benzene rings is 1. The summed E-state index contributed by atoms with van der Waals surface area (Å²) in [7, 11) is 0. The lowest BCUT2D eigenvalue weighted by Gasteiger charge is -2.31. The zero-order chi connectivity index (χ0) is 17.4. The smallest absolute Gasteiger partial charge is 0.318 e. The summed E-state index contributed by atoms with van der Waals surface area (Å²) in [6, 6.07) is 9.88. The van der Waals surface area contributed by atoms with Gasteiger partial charge < -0.3 is 15.3 Å². The number of aliphatic hydroxyl groups excluding tert-OH is 1. The third kappa shape index (κ3) is 4.97. The Morgan fingerprint density at radius 1 is 1.42 bits per heavy atom. The Labute approximate surface area is 144 Å². The molecule has 1 aliphatic rings. The third-order valence-electron chi connectivity index (χ3n) is 4.67. The number of rotatable bonds is 7. The van der Waals surface area contributed by atoms with Crippen LogP contribution in [0.15, 0.2) is 24.3 Å². The van der Waals surface area contributed by atoms with E-state index in [1.165, 1.54) is 0 Å². The molecule has 2 rings (SSSR count). The first kappa shape index (κ1) is 18.3. The first-order chi connectivity index (χ1) is 11.7. The third-order valence-corrected chi connectivity index (χ3v) is 4.67. The van der Waals surface area contributed by atoms with E-state index in [0.29, 0.717) is 18.5 Å². The van der Waals surface area contributed by atoms with Crippen LogP contribution in [-0.2, 0) is 6.54 Å². The van der Waals surface area contributed by atoms with Gasteiger partial charge >= 0.3 is 6.03 Å². The summed E-state index contributed by atoms with van der Waals surface area (Å²) >= 11 is 0. The maximum atomic E-state index is 12.8. The van der Waals surface area contributed by atoms with E-state index in [2.05, 4.69) is 11.4 Å². The second kappa shape index (κ2) is 9.29. The van der Waals surface area contributed by atoms with Crippen molar-refractivity contribution < 1.29 is 9.90 Å². The highest BCUT2D eigenvalue weighted by molar-refractivity contribution is 5.75. The Kier molecular flexibility index (Phi) is 7.07. The molecule has 1 atom stereocenters. The monoisotopic (exact) mass is 329 g/mol. The van der Waals surface area contributed by atoms with Gasteiger partial charge in [-0.3, -0.25) is 0 Å². The molecule has 0 saturated heterocycles. The van der Waals surface area contributed by atoms with E-state index in [0.717, 1.165) is 37.7 Å². The second-order valence-electron chi connectivity index (χ2n) is 6.55. The summed E-state index contributed by atoms with van der Waals surface area (Å²) in [5.74, 6) is 0. The van der Waals surface area contributed by atoms with Gasteiger partial charge in [0.1, 0.15) is 0 Å². The van der Waals surface area contributed by atoms with Gasteiger partial charge in [0, 0.05) is 25.2 Å². The molecule has 2 N–H and O–H groups in total. The van der Waals surface area contributed by atoms with Gasteiger partial charge in [-0.1, -0.05) is 31.0 Å². The number of nitrogens with zero attached hydrogens (tertiary/aromatic N) is 2. The maximum Gasteiger partial charge on any atom is 0.318 e. The average molecular weight is 329 g/mol. The van der Waals surface area contributed by atoms with E-state index in [1.54, 1.807) is 6.07 Å². The second-order valence-corrected chi connectivity index (χ2v) is 6.55. The number of hydrogen-bond donors (Lipinski definition) is 2. The standard InChI is InChI=1S/C19H27N3O2/c1-15(7-6-12-23)21-19(24)22(18-10-4-5-11-18)14-17-9-3-2-8-16(17)13-20/h2-3,8-9,15,18,23H,4-7,10-12,14H2,1H3,(H,21,24). The number of urea groups is 1. The number of carbonyl (C=O) groups is 1. The van der Waals surface area contributed by atoms with Crippen molar-refractivity contribution in [3.8, 4) is 6.07 Å². The predicted molar refractivity (Wildman–Crippen MR) is 93.3 cm³/mol. The lowest BCUT2D eigenvalue weighted by Crippen LogP contribution is -2.47. The van der Waals surface area contributed by atoms with Crippen LogP contribution in [-0.4, -0.2) is 34.7 Å². The van der Waals surface area contributed by atoms with Gasteiger partial charge in [0.2, 0.25) is 0 Å². The minimum absolute atomic E-state index is 0.0276. The summed E-state index contributed by atoms with van der Waals surface area (Å²) in [6.45, 7) is 2.57. The molecule has 0 spiro atoms. The van der Waals surface area contributed by atoms with Crippen molar-refractivity contribution >= 4 is 6.03 Å². The van der Waals surface area contributed by atoms with Crippen molar-refractivity contribution in [2.24, 2.45) is 0 Å². The summed E-state index contributed by atoms with van der Waals surface area (Å²) in [5.41, 5.74) is 1.52. The van der Waals surface area contributed by atoms with Crippen molar-refractivity contribution in [3.05, 3.63) is 35.4 Å². The molecular weight excluding hydrogens is 302 g/mol. The zero-order valence-electron chi connectivity index (χ0n) is 14.4. The molecule has 0 aromatic heterocycles. The van der Waals surface area contributed by atoms with Crippen molar-refractivity contribution in [1.82, 2.24) is 10.2 Å². The van der Waals surface area contributed by atoms with Gasteiger partial charge in [-0.15, -0.1) is 0 Å². The molecular formula is C19H27N3O2. The molecule has 0 bridgehead atoms. The average Bonchev–Trinajstić information content (AvgIpc) is 3.12. The van der Waals surface area contributed by atoms with Crippen LogP contribution in [0.1, 0.15) is 56.6 Å². The number of nitrogens with one attached hydrogen (secondary N) is 1. The minimum atomic E-state index is -0.0694. The molecule has 24 heavy (non-hydrogen) atoms. The summed E-state index contributed by atoms with van der Waals surface area (Å²) in [6.07, 6.45) is 5.78. The molecule has 130 valence electrons. The van der Waals surface area contributed by atoms with Crippen LogP contribution in [0.4, 0.5) is 4.79 Å². The SMILES string of the molecule is CC(CCCO)NC(=O)N(Cc1ccccc1C#N)C1CCCC1. The summed E-state index contributed by atoms with van der Waals surface area (Å²) in [5, 5.41) is 21.3. The molecule has 2 amide bonds. The topological polar surface area (TPSA) is 76.4 Å². The normalized spacial score (nSPS) is 15.7. The van der Waals surface area contributed by atoms with Crippen LogP contribution >= 0.6 is 0 Å². The zero-order valence-corrected chi connectivity index (χ0v) is 14.4. The Morgan fingerprint density at radius 2 is 2.12 bits per heavy atom. The van der Waals surface area contributed by atoms with E-state index in [4.69, 9.17) is 5.11 Å². The van der Waals surface area contributed by atoms with E-state index < -0.39 is 0 Å². The molecule has 1 saturated carbocycles. The molecule has 1 aromatic rings. The van der Waals surface area contributed by atoms with E-state index in [1.807, 2.05) is 30.0 Å². The van der Waals surface area contributed by atoms with Crippen LogP contribution in [0.2, 0.25) is 0 Å². The maximum absolute atomic E-state index is 12.8. The number of aliphatic hydroxyl groups is 1. The molecule has 1 aliphatic carbocycles. The highest BCUT2D eigenvalue weighted by Crippen LogP contribution is 2.26. The molecule has 0 heterocycles. The van der Waals surface area contributed by atoms with Gasteiger partial charge in [0.05, 0.1) is 11.6 Å². The molecule has 0 aliphatic heterocycles. The van der Waals surface area contributed by atoms with Crippen molar-refractivity contribution in [2.45, 2.75) is 64.1 Å². The summed E-state index contributed by atoms with van der Waals surface area (Å²) < 4.78 is 0. The highest BCUT2D eigenvalue weighted by atomic mass is 16.3. The molecule has 1 aromatic carbocycles. The number of nitriles is 1. The Hall–Kier alpha value is -2.06. The van der Waals surface area contributed by atoms with Gasteiger partial charge in [-0.05, 0) is 44.2 Å². The van der Waals surface area contributed by atoms with Gasteiger partial charge in [0.15, 0.2) is 0 Å². The van der Waals surface area contributed by atoms with Crippen LogP contribution in [0.25, 0.3) is 0 Å². The molecule has 1 fully saturated rings. The minimum Gasteiger partial charge on any atom is -0.396 e. The summed E-state index contributed by atoms with van der Waals surface area (Å²) in [4.78, 5) is 14.7. The highest BCUT2D eigenvalue weighted by Gasteiger charge is 2.28. The van der Waals surface area contributed by atoms with E-state index in [9.17, 15) is 10.1 Å². The van der Waals surface area contributed by atoms with Crippen LogP contribution in [0.5, 0.6) is 0 Å². The Bertz CT molecular complexity index is 576. The fourth-order valence-electron chi connectivity index (χ4n) is 3.30. The Morgan fingerprint density at radius 3 is 2.79 bits per heavy atom. The fourth-order valence-corrected chi connectivity index (χ4v) is 3.30. The Balaban J connectivity index is 2.10. The predicted octanol–water partition coefficient (Wildman–Crippen LogP) is 3.17. The first-order valence-electron chi connectivity index (χ1n) is 8.81. The molecule has 5 heteroatoms. The fraction of sp³-hybridized carbons (Fsp3) is 0.579. The lowest BCUT2D eigenvalue weighted by molar-refractivity contribution is 0.166. The lowest BCUT2D eigenvalue weighted by atomic mass is 10.1. The number of carbonyl (C=O) groups excluding carboxylic acids is 1. The largest absolute Gasteiger partial charge is 0.396 e.